The topological polar surface area (TPSA) is 57.6 Å². The Morgan fingerprint density at radius 3 is 2.67 bits per heavy atom. The fourth-order valence-corrected chi connectivity index (χ4v) is 3.10. The number of carboxylic acid groups (broad SMARTS) is 1. The molecule has 1 aliphatic heterocycles. The first-order valence-electron chi connectivity index (χ1n) is 7.21. The molecule has 1 amide bonds. The van der Waals surface area contributed by atoms with Gasteiger partial charge in [-0.25, -0.2) is 4.79 Å². The number of carbonyl (C=O) groups is 2. The van der Waals surface area contributed by atoms with E-state index >= 15 is 0 Å². The van der Waals surface area contributed by atoms with Gasteiger partial charge in [-0.15, -0.1) is 0 Å². The van der Waals surface area contributed by atoms with Crippen molar-refractivity contribution in [3.63, 3.8) is 0 Å². The van der Waals surface area contributed by atoms with Gasteiger partial charge in [-0.05, 0) is 36.8 Å². The zero-order chi connectivity index (χ0) is 15.2. The van der Waals surface area contributed by atoms with Gasteiger partial charge in [-0.3, -0.25) is 4.79 Å². The average Bonchev–Trinajstić information content (AvgIpc) is 2.52. The van der Waals surface area contributed by atoms with Crippen LogP contribution in [-0.4, -0.2) is 47.0 Å². The van der Waals surface area contributed by atoms with Crippen LogP contribution in [0.3, 0.4) is 0 Å². The summed E-state index contributed by atoms with van der Waals surface area (Å²) < 4.78 is 0. The Hall–Kier alpha value is -1.49. The van der Waals surface area contributed by atoms with E-state index < -0.39 is 5.97 Å². The minimum absolute atomic E-state index is 0.233. The third kappa shape index (κ3) is 4.24. The predicted octanol–water partition coefficient (Wildman–Crippen LogP) is 2.84. The van der Waals surface area contributed by atoms with Crippen LogP contribution in [0, 0.1) is 0 Å². The second-order valence-electron chi connectivity index (χ2n) is 5.35. The van der Waals surface area contributed by atoms with E-state index in [0.29, 0.717) is 17.9 Å². The van der Waals surface area contributed by atoms with E-state index in [-0.39, 0.29) is 5.91 Å². The molecule has 0 radical (unpaired) electrons. The van der Waals surface area contributed by atoms with Crippen LogP contribution in [0.25, 0.3) is 0 Å². The Morgan fingerprint density at radius 2 is 2.05 bits per heavy atom. The minimum atomic E-state index is -0.904. The molecular weight excluding hydrogens is 286 g/mol. The molecule has 114 valence electrons. The molecule has 4 nitrogen and oxygen atoms in total. The second-order valence-corrected chi connectivity index (χ2v) is 6.33. The van der Waals surface area contributed by atoms with Crippen LogP contribution < -0.4 is 0 Å². The van der Waals surface area contributed by atoms with Gasteiger partial charge >= 0.3 is 5.97 Å². The number of hydrogen-bond acceptors (Lipinski definition) is 3. The van der Waals surface area contributed by atoms with Gasteiger partial charge in [0.1, 0.15) is 0 Å². The highest BCUT2D eigenvalue weighted by Gasteiger charge is 2.24. The Balaban J connectivity index is 2.00. The van der Waals surface area contributed by atoms with Crippen molar-refractivity contribution in [2.45, 2.75) is 25.2 Å². The van der Waals surface area contributed by atoms with Gasteiger partial charge in [0.15, 0.2) is 0 Å². The molecule has 1 fully saturated rings. The molecule has 0 aromatic heterocycles. The number of thioether (sulfide) groups is 1. The summed E-state index contributed by atoms with van der Waals surface area (Å²) in [5, 5.41) is 8.93. The Labute approximate surface area is 129 Å². The first-order chi connectivity index (χ1) is 10.1. The van der Waals surface area contributed by atoms with E-state index in [0.717, 1.165) is 37.2 Å². The van der Waals surface area contributed by atoms with Crippen LogP contribution in [0.2, 0.25) is 0 Å². The lowest BCUT2D eigenvalue weighted by molar-refractivity contribution is -0.131. The number of rotatable bonds is 5. The lowest BCUT2D eigenvalue weighted by atomic mass is 9.90. The van der Waals surface area contributed by atoms with E-state index in [1.165, 1.54) is 0 Å². The van der Waals surface area contributed by atoms with Crippen LogP contribution in [0.1, 0.15) is 41.1 Å². The standard InChI is InChI=1S/C16H21NO3S/c1-21-10-8-15(18)17-9-2-3-14(11-17)12-4-6-13(7-5-12)16(19)20/h4-7,14H,2-3,8-11H2,1H3,(H,19,20)/t14-/m1/s1. The van der Waals surface area contributed by atoms with Crippen LogP contribution in [-0.2, 0) is 4.79 Å². The van der Waals surface area contributed by atoms with Gasteiger partial charge in [0.05, 0.1) is 5.56 Å². The minimum Gasteiger partial charge on any atom is -0.478 e. The highest BCUT2D eigenvalue weighted by Crippen LogP contribution is 2.27. The molecule has 21 heavy (non-hydrogen) atoms. The Kier molecular flexibility index (Phi) is 5.67. The molecule has 0 bridgehead atoms. The normalized spacial score (nSPS) is 18.5. The molecule has 5 heteroatoms. The number of carboxylic acids is 1. The number of amides is 1. The van der Waals surface area contributed by atoms with Gasteiger partial charge in [-0.1, -0.05) is 12.1 Å². The van der Waals surface area contributed by atoms with Crippen molar-refractivity contribution in [3.05, 3.63) is 35.4 Å². The number of carbonyl (C=O) groups excluding carboxylic acids is 1. The molecule has 1 aromatic rings. The second kappa shape index (κ2) is 7.50. The third-order valence-corrected chi connectivity index (χ3v) is 4.54. The van der Waals surface area contributed by atoms with Crippen molar-refractivity contribution in [2.24, 2.45) is 0 Å². The maximum Gasteiger partial charge on any atom is 0.335 e. The summed E-state index contributed by atoms with van der Waals surface area (Å²) in [4.78, 5) is 24.9. The van der Waals surface area contributed by atoms with Gasteiger partial charge in [-0.2, -0.15) is 11.8 Å². The molecule has 1 heterocycles. The van der Waals surface area contributed by atoms with E-state index in [2.05, 4.69) is 0 Å². The highest BCUT2D eigenvalue weighted by atomic mass is 32.2. The molecule has 0 saturated carbocycles. The molecule has 1 aromatic carbocycles. The van der Waals surface area contributed by atoms with E-state index in [9.17, 15) is 9.59 Å². The molecule has 1 atom stereocenters. The molecule has 0 spiro atoms. The van der Waals surface area contributed by atoms with Gasteiger partial charge in [0, 0.05) is 31.2 Å². The fourth-order valence-electron chi connectivity index (χ4n) is 2.72. The number of hydrogen-bond donors (Lipinski definition) is 1. The van der Waals surface area contributed by atoms with E-state index in [1.54, 1.807) is 23.9 Å². The first-order valence-corrected chi connectivity index (χ1v) is 8.61. The molecule has 0 aliphatic carbocycles. The highest BCUT2D eigenvalue weighted by molar-refractivity contribution is 7.98. The lowest BCUT2D eigenvalue weighted by Crippen LogP contribution is -2.39. The van der Waals surface area contributed by atoms with E-state index in [1.807, 2.05) is 23.3 Å². The summed E-state index contributed by atoms with van der Waals surface area (Å²) in [6, 6.07) is 7.05. The Morgan fingerprint density at radius 1 is 1.33 bits per heavy atom. The number of nitrogens with zero attached hydrogens (tertiary/aromatic N) is 1. The lowest BCUT2D eigenvalue weighted by Gasteiger charge is -2.33. The number of aromatic carboxylic acids is 1. The van der Waals surface area contributed by atoms with E-state index in [4.69, 9.17) is 5.11 Å². The Bertz CT molecular complexity index is 501. The predicted molar refractivity (Wildman–Crippen MR) is 85.0 cm³/mol. The summed E-state index contributed by atoms with van der Waals surface area (Å²) in [7, 11) is 0. The van der Waals surface area contributed by atoms with Crippen LogP contribution in [0.15, 0.2) is 24.3 Å². The summed E-state index contributed by atoms with van der Waals surface area (Å²) in [6.07, 6.45) is 4.68. The quantitative estimate of drug-likeness (QED) is 0.909. The van der Waals surface area contributed by atoms with Crippen LogP contribution >= 0.6 is 11.8 Å². The first kappa shape index (κ1) is 15.9. The molecular formula is C16H21NO3S. The average molecular weight is 307 g/mol. The van der Waals surface area contributed by atoms with Gasteiger partial charge < -0.3 is 10.0 Å². The monoisotopic (exact) mass is 307 g/mol. The molecule has 1 saturated heterocycles. The van der Waals surface area contributed by atoms with Gasteiger partial charge in [0.25, 0.3) is 0 Å². The smallest absolute Gasteiger partial charge is 0.335 e. The van der Waals surface area contributed by atoms with Crippen molar-refractivity contribution in [1.29, 1.82) is 0 Å². The van der Waals surface area contributed by atoms with Gasteiger partial charge in [0.2, 0.25) is 5.91 Å². The van der Waals surface area contributed by atoms with Crippen molar-refractivity contribution >= 4 is 23.6 Å². The number of likely N-dealkylation sites (tertiary alicyclic amines) is 1. The largest absolute Gasteiger partial charge is 0.478 e. The summed E-state index contributed by atoms with van der Waals surface area (Å²) in [5.74, 6) is 0.517. The SMILES string of the molecule is CSCCC(=O)N1CCC[C@@H](c2ccc(C(=O)O)cc2)C1. The molecule has 1 N–H and O–H groups in total. The summed E-state index contributed by atoms with van der Waals surface area (Å²) in [5.41, 5.74) is 1.44. The number of benzene rings is 1. The third-order valence-electron chi connectivity index (χ3n) is 3.92. The molecule has 1 aliphatic rings. The fraction of sp³-hybridized carbons (Fsp3) is 0.500. The maximum absolute atomic E-state index is 12.1. The maximum atomic E-state index is 12.1. The summed E-state index contributed by atoms with van der Waals surface area (Å²) >= 11 is 1.69. The van der Waals surface area contributed by atoms with Crippen molar-refractivity contribution in [2.75, 3.05) is 25.1 Å². The molecule has 2 rings (SSSR count). The summed E-state index contributed by atoms with van der Waals surface area (Å²) in [6.45, 7) is 1.59. The zero-order valence-electron chi connectivity index (χ0n) is 12.2. The van der Waals surface area contributed by atoms with Crippen molar-refractivity contribution in [3.8, 4) is 0 Å². The van der Waals surface area contributed by atoms with Crippen LogP contribution in [0.4, 0.5) is 0 Å². The van der Waals surface area contributed by atoms with Crippen molar-refractivity contribution in [1.82, 2.24) is 4.90 Å². The van der Waals surface area contributed by atoms with Crippen LogP contribution in [0.5, 0.6) is 0 Å². The zero-order valence-corrected chi connectivity index (χ0v) is 13.1. The molecule has 0 unspecified atom stereocenters. The number of piperidine rings is 1. The van der Waals surface area contributed by atoms with Crippen molar-refractivity contribution < 1.29 is 14.7 Å².